The molecule has 6 heteroatoms. The van der Waals surface area contributed by atoms with Crippen molar-refractivity contribution in [2.24, 2.45) is 0 Å². The molecule has 72 valence electrons. The van der Waals surface area contributed by atoms with Crippen molar-refractivity contribution in [1.82, 2.24) is 19.9 Å². The normalized spacial score (nSPS) is 10.4. The highest BCUT2D eigenvalue weighted by Gasteiger charge is 2.03. The Morgan fingerprint density at radius 1 is 1.36 bits per heavy atom. The Hall–Kier alpha value is -1.56. The molecule has 2 aromatic rings. The summed E-state index contributed by atoms with van der Waals surface area (Å²) in [7, 11) is 0. The molecule has 0 spiro atoms. The summed E-state index contributed by atoms with van der Waals surface area (Å²) in [4.78, 5) is 16.0. The van der Waals surface area contributed by atoms with Gasteiger partial charge in [-0.2, -0.15) is 4.98 Å². The fraction of sp³-hybridized carbons (Fsp3) is 0.250. The topological polar surface area (TPSA) is 77.6 Å². The van der Waals surface area contributed by atoms with Crippen molar-refractivity contribution in [3.8, 4) is 0 Å². The molecule has 0 bridgehead atoms. The van der Waals surface area contributed by atoms with Gasteiger partial charge in [-0.1, -0.05) is 0 Å². The van der Waals surface area contributed by atoms with E-state index in [1.807, 2.05) is 12.3 Å². The third-order valence-electron chi connectivity index (χ3n) is 1.62. The van der Waals surface area contributed by atoms with Gasteiger partial charge < -0.3 is 5.73 Å². The summed E-state index contributed by atoms with van der Waals surface area (Å²) >= 11 is 1.60. The number of hydrogen-bond acceptors (Lipinski definition) is 6. The molecule has 0 saturated heterocycles. The number of anilines is 1. The molecular weight excluding hydrogens is 198 g/mol. The molecule has 0 amide bonds. The summed E-state index contributed by atoms with van der Waals surface area (Å²) < 4.78 is 0. The standard InChI is InChI=1S/C8H9N5S/c1-5-3-14-7(12-5)2-6-10-4-11-8(9)13-6/h3-4H,2H2,1H3,(H2,9,10,11,13). The van der Waals surface area contributed by atoms with Crippen LogP contribution in [-0.2, 0) is 6.42 Å². The highest BCUT2D eigenvalue weighted by Crippen LogP contribution is 2.11. The fourth-order valence-electron chi connectivity index (χ4n) is 1.05. The van der Waals surface area contributed by atoms with Gasteiger partial charge in [0.25, 0.3) is 0 Å². The van der Waals surface area contributed by atoms with Crippen LogP contribution in [0.1, 0.15) is 16.5 Å². The monoisotopic (exact) mass is 207 g/mol. The van der Waals surface area contributed by atoms with E-state index in [0.717, 1.165) is 10.7 Å². The summed E-state index contributed by atoms with van der Waals surface area (Å²) in [5.41, 5.74) is 6.46. The maximum atomic E-state index is 5.44. The first kappa shape index (κ1) is 9.01. The van der Waals surface area contributed by atoms with Gasteiger partial charge in [-0.25, -0.2) is 15.0 Å². The van der Waals surface area contributed by atoms with Gasteiger partial charge in [0.1, 0.15) is 17.2 Å². The van der Waals surface area contributed by atoms with E-state index in [0.29, 0.717) is 12.2 Å². The molecule has 14 heavy (non-hydrogen) atoms. The lowest BCUT2D eigenvalue weighted by Crippen LogP contribution is -2.02. The summed E-state index contributed by atoms with van der Waals surface area (Å²) in [5.74, 6) is 0.912. The lowest BCUT2D eigenvalue weighted by atomic mass is 10.4. The van der Waals surface area contributed by atoms with Crippen molar-refractivity contribution in [1.29, 1.82) is 0 Å². The van der Waals surface area contributed by atoms with E-state index in [1.54, 1.807) is 11.3 Å². The maximum absolute atomic E-state index is 5.44. The van der Waals surface area contributed by atoms with Crippen LogP contribution in [0.2, 0.25) is 0 Å². The second-order valence-corrected chi connectivity index (χ2v) is 3.76. The molecule has 0 aliphatic carbocycles. The van der Waals surface area contributed by atoms with Crippen LogP contribution < -0.4 is 5.73 Å². The highest BCUT2D eigenvalue weighted by molar-refractivity contribution is 7.09. The van der Waals surface area contributed by atoms with Crippen LogP contribution in [0.15, 0.2) is 11.7 Å². The Kier molecular flexibility index (Phi) is 2.36. The predicted octanol–water partition coefficient (Wildman–Crippen LogP) is 0.810. The fourth-order valence-corrected chi connectivity index (χ4v) is 1.82. The van der Waals surface area contributed by atoms with E-state index in [2.05, 4.69) is 19.9 Å². The number of rotatable bonds is 2. The molecular formula is C8H9N5S. The first-order valence-electron chi connectivity index (χ1n) is 4.08. The minimum Gasteiger partial charge on any atom is -0.368 e. The first-order chi connectivity index (χ1) is 6.74. The van der Waals surface area contributed by atoms with Crippen molar-refractivity contribution < 1.29 is 0 Å². The molecule has 2 rings (SSSR count). The molecule has 0 aliphatic heterocycles. The van der Waals surface area contributed by atoms with Gasteiger partial charge in [-0.3, -0.25) is 0 Å². The van der Waals surface area contributed by atoms with Gasteiger partial charge in [0, 0.05) is 11.1 Å². The molecule has 0 unspecified atom stereocenters. The van der Waals surface area contributed by atoms with E-state index in [-0.39, 0.29) is 5.95 Å². The van der Waals surface area contributed by atoms with E-state index in [1.165, 1.54) is 6.33 Å². The van der Waals surface area contributed by atoms with Crippen LogP contribution in [0.5, 0.6) is 0 Å². The molecule has 0 atom stereocenters. The van der Waals surface area contributed by atoms with Gasteiger partial charge in [0.05, 0.1) is 6.42 Å². The van der Waals surface area contributed by atoms with Crippen molar-refractivity contribution in [2.75, 3.05) is 5.73 Å². The third kappa shape index (κ3) is 2.02. The number of aromatic nitrogens is 4. The van der Waals surface area contributed by atoms with Gasteiger partial charge in [-0.05, 0) is 6.92 Å². The SMILES string of the molecule is Cc1csc(Cc2ncnc(N)n2)n1. The Morgan fingerprint density at radius 3 is 2.86 bits per heavy atom. The number of nitrogen functional groups attached to an aromatic ring is 1. The van der Waals surface area contributed by atoms with Crippen molar-refractivity contribution in [3.05, 3.63) is 28.2 Å². The van der Waals surface area contributed by atoms with Gasteiger partial charge in [-0.15, -0.1) is 11.3 Å². The van der Waals surface area contributed by atoms with Crippen LogP contribution in [0.4, 0.5) is 5.95 Å². The third-order valence-corrected chi connectivity index (χ3v) is 2.58. The van der Waals surface area contributed by atoms with Crippen LogP contribution in [0.3, 0.4) is 0 Å². The van der Waals surface area contributed by atoms with Crippen LogP contribution >= 0.6 is 11.3 Å². The first-order valence-corrected chi connectivity index (χ1v) is 4.96. The number of hydrogen-bond donors (Lipinski definition) is 1. The Bertz CT molecular complexity index is 439. The van der Waals surface area contributed by atoms with Crippen molar-refractivity contribution in [2.45, 2.75) is 13.3 Å². The summed E-state index contributed by atoms with van der Waals surface area (Å²) in [6.07, 6.45) is 2.03. The lowest BCUT2D eigenvalue weighted by Gasteiger charge is -1.95. The highest BCUT2D eigenvalue weighted by atomic mass is 32.1. The summed E-state index contributed by atoms with van der Waals surface area (Å²) in [6.45, 7) is 1.96. The summed E-state index contributed by atoms with van der Waals surface area (Å²) in [6, 6.07) is 0. The van der Waals surface area contributed by atoms with E-state index in [4.69, 9.17) is 5.73 Å². The van der Waals surface area contributed by atoms with Gasteiger partial charge in [0.15, 0.2) is 0 Å². The zero-order valence-electron chi connectivity index (χ0n) is 7.64. The molecule has 5 nitrogen and oxygen atoms in total. The zero-order valence-corrected chi connectivity index (χ0v) is 8.45. The van der Waals surface area contributed by atoms with Crippen LogP contribution in [-0.4, -0.2) is 19.9 Å². The maximum Gasteiger partial charge on any atom is 0.223 e. The van der Waals surface area contributed by atoms with E-state index < -0.39 is 0 Å². The summed E-state index contributed by atoms with van der Waals surface area (Å²) in [5, 5.41) is 2.99. The molecule has 2 aromatic heterocycles. The average Bonchev–Trinajstić information content (AvgIpc) is 2.51. The molecule has 0 radical (unpaired) electrons. The second kappa shape index (κ2) is 3.67. The quantitative estimate of drug-likeness (QED) is 0.788. The largest absolute Gasteiger partial charge is 0.368 e. The van der Waals surface area contributed by atoms with Gasteiger partial charge >= 0.3 is 0 Å². The Balaban J connectivity index is 2.18. The smallest absolute Gasteiger partial charge is 0.223 e. The Morgan fingerprint density at radius 2 is 2.21 bits per heavy atom. The average molecular weight is 207 g/mol. The number of nitrogens with two attached hydrogens (primary N) is 1. The second-order valence-electron chi connectivity index (χ2n) is 2.82. The van der Waals surface area contributed by atoms with E-state index in [9.17, 15) is 0 Å². The zero-order chi connectivity index (χ0) is 9.97. The lowest BCUT2D eigenvalue weighted by molar-refractivity contribution is 0.918. The van der Waals surface area contributed by atoms with Gasteiger partial charge in [0.2, 0.25) is 5.95 Å². The van der Waals surface area contributed by atoms with Crippen molar-refractivity contribution >= 4 is 17.3 Å². The molecule has 0 fully saturated rings. The predicted molar refractivity (Wildman–Crippen MR) is 53.9 cm³/mol. The van der Waals surface area contributed by atoms with Crippen LogP contribution in [0, 0.1) is 6.92 Å². The minimum absolute atomic E-state index is 0.253. The molecule has 0 aromatic carbocycles. The van der Waals surface area contributed by atoms with Crippen LogP contribution in [0.25, 0.3) is 0 Å². The number of aryl methyl sites for hydroxylation is 1. The molecule has 2 heterocycles. The van der Waals surface area contributed by atoms with Crippen molar-refractivity contribution in [3.63, 3.8) is 0 Å². The minimum atomic E-state index is 0.253. The number of nitrogens with zero attached hydrogens (tertiary/aromatic N) is 4. The molecule has 2 N–H and O–H groups in total. The number of thiazole rings is 1. The molecule has 0 saturated carbocycles. The Labute approximate surface area is 85.1 Å². The molecule has 0 aliphatic rings. The van der Waals surface area contributed by atoms with E-state index >= 15 is 0 Å².